The standard InChI is InChI=1S/C18H21NO3S/c1-13-4-3-5-17(10-13)19-18(21)14(2)23(22)12-16-8-6-15(11-20)7-9-16/h3-10,14,20H,11-12H2,1-2H3,(H,19,21). The lowest BCUT2D eigenvalue weighted by molar-refractivity contribution is -0.115. The summed E-state index contributed by atoms with van der Waals surface area (Å²) in [6, 6.07) is 14.8. The molecule has 0 aromatic heterocycles. The number of carbonyl (C=O) groups is 1. The molecule has 122 valence electrons. The van der Waals surface area contributed by atoms with Gasteiger partial charge in [0.25, 0.3) is 0 Å². The molecule has 0 aliphatic carbocycles. The highest BCUT2D eigenvalue weighted by molar-refractivity contribution is 7.85. The first-order valence-corrected chi connectivity index (χ1v) is 8.81. The van der Waals surface area contributed by atoms with Gasteiger partial charge < -0.3 is 10.4 Å². The van der Waals surface area contributed by atoms with Gasteiger partial charge in [0.2, 0.25) is 5.91 Å². The SMILES string of the molecule is Cc1cccc(NC(=O)C(C)S(=O)Cc2ccc(CO)cc2)c1. The van der Waals surface area contributed by atoms with Crippen LogP contribution in [0.2, 0.25) is 0 Å². The maximum atomic E-state index is 12.4. The van der Waals surface area contributed by atoms with Crippen molar-refractivity contribution in [2.45, 2.75) is 31.5 Å². The highest BCUT2D eigenvalue weighted by Gasteiger charge is 2.20. The van der Waals surface area contributed by atoms with Crippen molar-refractivity contribution in [3.63, 3.8) is 0 Å². The third kappa shape index (κ3) is 5.01. The van der Waals surface area contributed by atoms with Crippen molar-refractivity contribution in [3.05, 3.63) is 65.2 Å². The van der Waals surface area contributed by atoms with Crippen LogP contribution < -0.4 is 5.32 Å². The summed E-state index contributed by atoms with van der Waals surface area (Å²) in [6.07, 6.45) is 0. The molecule has 0 aliphatic heterocycles. The number of hydrogen-bond acceptors (Lipinski definition) is 3. The van der Waals surface area contributed by atoms with Crippen molar-refractivity contribution in [2.24, 2.45) is 0 Å². The molecule has 0 saturated heterocycles. The average Bonchev–Trinajstić information content (AvgIpc) is 2.54. The second kappa shape index (κ2) is 8.04. The van der Waals surface area contributed by atoms with Gasteiger partial charge in [-0.25, -0.2) is 0 Å². The Balaban J connectivity index is 1.96. The molecule has 4 nitrogen and oxygen atoms in total. The van der Waals surface area contributed by atoms with Crippen LogP contribution in [0.15, 0.2) is 48.5 Å². The minimum atomic E-state index is -1.31. The van der Waals surface area contributed by atoms with E-state index in [1.807, 2.05) is 43.3 Å². The fourth-order valence-corrected chi connectivity index (χ4v) is 3.18. The van der Waals surface area contributed by atoms with Crippen LogP contribution in [0.5, 0.6) is 0 Å². The van der Waals surface area contributed by atoms with E-state index < -0.39 is 16.0 Å². The second-order valence-corrected chi connectivity index (χ2v) is 7.26. The van der Waals surface area contributed by atoms with Gasteiger partial charge >= 0.3 is 0 Å². The molecule has 2 N–H and O–H groups in total. The van der Waals surface area contributed by atoms with E-state index in [9.17, 15) is 9.00 Å². The average molecular weight is 331 g/mol. The summed E-state index contributed by atoms with van der Waals surface area (Å²) < 4.78 is 12.4. The monoisotopic (exact) mass is 331 g/mol. The van der Waals surface area contributed by atoms with E-state index in [-0.39, 0.29) is 12.5 Å². The van der Waals surface area contributed by atoms with Gasteiger partial charge in [0, 0.05) is 22.2 Å². The molecule has 0 fully saturated rings. The summed E-state index contributed by atoms with van der Waals surface area (Å²) in [6.45, 7) is 3.61. The second-order valence-electron chi connectivity index (χ2n) is 5.50. The number of aliphatic hydroxyl groups excluding tert-OH is 1. The van der Waals surface area contributed by atoms with Gasteiger partial charge in [0.05, 0.1) is 6.61 Å². The van der Waals surface area contributed by atoms with Crippen LogP contribution in [-0.4, -0.2) is 20.5 Å². The molecular weight excluding hydrogens is 310 g/mol. The van der Waals surface area contributed by atoms with Crippen molar-refractivity contribution in [1.29, 1.82) is 0 Å². The first-order chi connectivity index (χ1) is 11.0. The van der Waals surface area contributed by atoms with E-state index in [0.717, 1.165) is 16.7 Å². The van der Waals surface area contributed by atoms with Gasteiger partial charge in [-0.05, 0) is 42.7 Å². The smallest absolute Gasteiger partial charge is 0.239 e. The lowest BCUT2D eigenvalue weighted by atomic mass is 10.2. The number of benzene rings is 2. The minimum absolute atomic E-state index is 0.0152. The Kier molecular flexibility index (Phi) is 6.07. The Labute approximate surface area is 139 Å². The van der Waals surface area contributed by atoms with Crippen molar-refractivity contribution in [2.75, 3.05) is 5.32 Å². The summed E-state index contributed by atoms with van der Waals surface area (Å²) in [5.74, 6) is 0.0644. The molecule has 2 unspecified atom stereocenters. The number of carbonyl (C=O) groups excluding carboxylic acids is 1. The number of aliphatic hydroxyl groups is 1. The van der Waals surface area contributed by atoms with E-state index in [0.29, 0.717) is 11.4 Å². The molecule has 2 aromatic carbocycles. The van der Waals surface area contributed by atoms with Crippen molar-refractivity contribution < 1.29 is 14.1 Å². The molecule has 2 atom stereocenters. The molecule has 2 rings (SSSR count). The third-order valence-electron chi connectivity index (χ3n) is 3.56. The molecule has 0 bridgehead atoms. The first kappa shape index (κ1) is 17.4. The van der Waals surface area contributed by atoms with Crippen LogP contribution in [0.1, 0.15) is 23.6 Å². The number of nitrogens with one attached hydrogen (secondary N) is 1. The Hall–Kier alpha value is -1.98. The number of hydrogen-bond donors (Lipinski definition) is 2. The molecule has 0 radical (unpaired) electrons. The van der Waals surface area contributed by atoms with Crippen LogP contribution >= 0.6 is 0 Å². The largest absolute Gasteiger partial charge is 0.392 e. The molecule has 1 amide bonds. The Bertz CT molecular complexity index is 698. The summed E-state index contributed by atoms with van der Waals surface area (Å²) in [7, 11) is -1.31. The van der Waals surface area contributed by atoms with Crippen molar-refractivity contribution in [3.8, 4) is 0 Å². The summed E-state index contributed by atoms with van der Waals surface area (Å²) in [5, 5.41) is 11.2. The number of aryl methyl sites for hydroxylation is 1. The van der Waals surface area contributed by atoms with Crippen molar-refractivity contribution in [1.82, 2.24) is 0 Å². The summed E-state index contributed by atoms with van der Waals surface area (Å²) in [5.41, 5.74) is 3.47. The number of amides is 1. The predicted octanol–water partition coefficient (Wildman–Crippen LogP) is 2.76. The quantitative estimate of drug-likeness (QED) is 0.855. The molecule has 0 spiro atoms. The topological polar surface area (TPSA) is 66.4 Å². The van der Waals surface area contributed by atoms with E-state index >= 15 is 0 Å². The molecule has 2 aromatic rings. The summed E-state index contributed by atoms with van der Waals surface area (Å²) >= 11 is 0. The van der Waals surface area contributed by atoms with Crippen LogP contribution in [0, 0.1) is 6.92 Å². The lowest BCUT2D eigenvalue weighted by Gasteiger charge is -2.13. The summed E-state index contributed by atoms with van der Waals surface area (Å²) in [4.78, 5) is 12.2. The lowest BCUT2D eigenvalue weighted by Crippen LogP contribution is -2.29. The highest BCUT2D eigenvalue weighted by atomic mass is 32.2. The van der Waals surface area contributed by atoms with Gasteiger partial charge in [0.1, 0.15) is 5.25 Å². The Morgan fingerprint density at radius 1 is 1.17 bits per heavy atom. The normalized spacial score (nSPS) is 13.3. The van der Waals surface area contributed by atoms with E-state index in [1.54, 1.807) is 19.1 Å². The minimum Gasteiger partial charge on any atom is -0.392 e. The van der Waals surface area contributed by atoms with Crippen LogP contribution in [0.25, 0.3) is 0 Å². The molecule has 5 heteroatoms. The zero-order chi connectivity index (χ0) is 16.8. The molecule has 0 heterocycles. The van der Waals surface area contributed by atoms with Gasteiger partial charge in [-0.15, -0.1) is 0 Å². The molecule has 0 saturated carbocycles. The fraction of sp³-hybridized carbons (Fsp3) is 0.278. The van der Waals surface area contributed by atoms with E-state index in [1.165, 1.54) is 0 Å². The highest BCUT2D eigenvalue weighted by Crippen LogP contribution is 2.13. The van der Waals surface area contributed by atoms with Gasteiger partial charge in [-0.2, -0.15) is 0 Å². The predicted molar refractivity (Wildman–Crippen MR) is 93.5 cm³/mol. The van der Waals surface area contributed by atoms with Gasteiger partial charge in [0.15, 0.2) is 0 Å². The maximum Gasteiger partial charge on any atom is 0.239 e. The van der Waals surface area contributed by atoms with E-state index in [4.69, 9.17) is 5.11 Å². The zero-order valence-electron chi connectivity index (χ0n) is 13.3. The fourth-order valence-electron chi connectivity index (χ4n) is 2.12. The molecule has 23 heavy (non-hydrogen) atoms. The van der Waals surface area contributed by atoms with Crippen LogP contribution in [-0.2, 0) is 28.0 Å². The molecule has 0 aliphatic rings. The Morgan fingerprint density at radius 3 is 2.43 bits per heavy atom. The van der Waals surface area contributed by atoms with Gasteiger partial charge in [-0.3, -0.25) is 9.00 Å². The first-order valence-electron chi connectivity index (χ1n) is 7.43. The van der Waals surface area contributed by atoms with E-state index in [2.05, 4.69) is 5.32 Å². The zero-order valence-corrected chi connectivity index (χ0v) is 14.1. The Morgan fingerprint density at radius 2 is 1.83 bits per heavy atom. The maximum absolute atomic E-state index is 12.4. The van der Waals surface area contributed by atoms with Crippen molar-refractivity contribution >= 4 is 22.4 Å². The molecular formula is C18H21NO3S. The number of anilines is 1. The third-order valence-corrected chi connectivity index (χ3v) is 5.18. The van der Waals surface area contributed by atoms with Gasteiger partial charge in [-0.1, -0.05) is 36.4 Å². The number of rotatable bonds is 6. The van der Waals surface area contributed by atoms with Crippen LogP contribution in [0.3, 0.4) is 0 Å². The van der Waals surface area contributed by atoms with Crippen LogP contribution in [0.4, 0.5) is 5.69 Å².